The molecule has 1 amide bonds. The number of fused-ring (bicyclic) bond motifs is 1. The smallest absolute Gasteiger partial charge is 0.329 e. The van der Waals surface area contributed by atoms with Crippen LogP contribution in [-0.4, -0.2) is 44.8 Å². The predicted octanol–water partition coefficient (Wildman–Crippen LogP) is 3.67. The van der Waals surface area contributed by atoms with E-state index in [1.165, 1.54) is 11.4 Å². The molecule has 1 fully saturated rings. The number of amides is 1. The van der Waals surface area contributed by atoms with Gasteiger partial charge >= 0.3 is 6.18 Å². The molecular weight excluding hydrogens is 455 g/mol. The standard InChI is InChI=1S/C17H10ClF5N4O2S/c18-11-2-1-8(3-10(11)17(21,22)23)9-5-30-14-13(9)15(29)27(25-24-14)4-12(28)26-6-16(19,20)7-26/h1-3,5H,4,6-7H2. The summed E-state index contributed by atoms with van der Waals surface area (Å²) in [5.74, 6) is -3.69. The molecule has 4 rings (SSSR count). The molecule has 0 bridgehead atoms. The average Bonchev–Trinajstić information content (AvgIpc) is 3.06. The number of alkyl halides is 5. The van der Waals surface area contributed by atoms with Gasteiger partial charge in [0, 0.05) is 10.9 Å². The van der Waals surface area contributed by atoms with Crippen LogP contribution in [0, 0.1) is 0 Å². The van der Waals surface area contributed by atoms with Crippen LogP contribution in [0.3, 0.4) is 0 Å². The molecule has 30 heavy (non-hydrogen) atoms. The number of hydrogen-bond acceptors (Lipinski definition) is 5. The van der Waals surface area contributed by atoms with E-state index in [0.717, 1.165) is 28.4 Å². The SMILES string of the molecule is O=C(Cn1nnc2scc(-c3ccc(Cl)c(C(F)(F)F)c3)c2c1=O)N1CC(F)(F)C1. The minimum Gasteiger partial charge on any atom is -0.329 e. The summed E-state index contributed by atoms with van der Waals surface area (Å²) in [4.78, 5) is 25.9. The van der Waals surface area contributed by atoms with Crippen LogP contribution < -0.4 is 5.56 Å². The molecule has 0 unspecified atom stereocenters. The van der Waals surface area contributed by atoms with E-state index in [4.69, 9.17) is 11.6 Å². The van der Waals surface area contributed by atoms with Gasteiger partial charge < -0.3 is 4.90 Å². The first-order valence-corrected chi connectivity index (χ1v) is 9.60. The minimum absolute atomic E-state index is 0.0211. The van der Waals surface area contributed by atoms with E-state index in [1.54, 1.807) is 0 Å². The Morgan fingerprint density at radius 2 is 1.97 bits per heavy atom. The van der Waals surface area contributed by atoms with Crippen LogP contribution in [0.1, 0.15) is 5.56 Å². The second-order valence-electron chi connectivity index (χ2n) is 6.68. The summed E-state index contributed by atoms with van der Waals surface area (Å²) in [6, 6.07) is 3.22. The zero-order chi connectivity index (χ0) is 21.8. The fourth-order valence-electron chi connectivity index (χ4n) is 3.03. The molecule has 6 nitrogen and oxygen atoms in total. The summed E-state index contributed by atoms with van der Waals surface area (Å²) in [6.45, 7) is -2.10. The van der Waals surface area contributed by atoms with E-state index < -0.39 is 53.8 Å². The number of nitrogens with zero attached hydrogens (tertiary/aromatic N) is 4. The van der Waals surface area contributed by atoms with Crippen molar-refractivity contribution in [2.24, 2.45) is 0 Å². The summed E-state index contributed by atoms with van der Waals surface area (Å²) in [6.07, 6.45) is -4.69. The van der Waals surface area contributed by atoms with Gasteiger partial charge in [-0.25, -0.2) is 13.5 Å². The van der Waals surface area contributed by atoms with Gasteiger partial charge in [0.25, 0.3) is 11.5 Å². The maximum Gasteiger partial charge on any atom is 0.417 e. The number of aromatic nitrogens is 3. The topological polar surface area (TPSA) is 68.1 Å². The van der Waals surface area contributed by atoms with Crippen LogP contribution in [0.4, 0.5) is 22.0 Å². The minimum atomic E-state index is -4.69. The molecule has 13 heteroatoms. The third-order valence-corrected chi connectivity index (χ3v) is 5.72. The molecule has 158 valence electrons. The van der Waals surface area contributed by atoms with Crippen molar-refractivity contribution < 1.29 is 26.7 Å². The van der Waals surface area contributed by atoms with Gasteiger partial charge in [0.1, 0.15) is 6.54 Å². The molecular formula is C17H10ClF5N4O2S. The third-order valence-electron chi connectivity index (χ3n) is 4.53. The number of carbonyl (C=O) groups is 1. The number of carbonyl (C=O) groups excluding carboxylic acids is 1. The quantitative estimate of drug-likeness (QED) is 0.555. The van der Waals surface area contributed by atoms with E-state index in [2.05, 4.69) is 10.3 Å². The van der Waals surface area contributed by atoms with Crippen molar-refractivity contribution in [2.45, 2.75) is 18.6 Å². The van der Waals surface area contributed by atoms with E-state index in [-0.39, 0.29) is 21.3 Å². The highest BCUT2D eigenvalue weighted by Gasteiger charge is 2.46. The Morgan fingerprint density at radius 1 is 1.27 bits per heavy atom. The van der Waals surface area contributed by atoms with Crippen LogP contribution in [0.15, 0.2) is 28.4 Å². The number of thiophene rings is 1. The van der Waals surface area contributed by atoms with Gasteiger partial charge in [-0.3, -0.25) is 9.59 Å². The zero-order valence-electron chi connectivity index (χ0n) is 14.7. The first-order chi connectivity index (χ1) is 14.0. The molecule has 3 heterocycles. The lowest BCUT2D eigenvalue weighted by Crippen LogP contribution is -2.59. The molecule has 1 aliphatic heterocycles. The first kappa shape index (κ1) is 20.7. The highest BCUT2D eigenvalue weighted by molar-refractivity contribution is 7.17. The Kier molecular flexibility index (Phi) is 4.81. The molecule has 0 spiro atoms. The molecule has 1 saturated heterocycles. The highest BCUT2D eigenvalue weighted by Crippen LogP contribution is 2.39. The summed E-state index contributed by atoms with van der Waals surface area (Å²) in [5.41, 5.74) is -1.56. The number of rotatable bonds is 3. The van der Waals surface area contributed by atoms with Gasteiger partial charge in [0.15, 0.2) is 4.83 Å². The molecule has 0 N–H and O–H groups in total. The summed E-state index contributed by atoms with van der Waals surface area (Å²) >= 11 is 6.64. The van der Waals surface area contributed by atoms with Gasteiger partial charge in [0.2, 0.25) is 5.91 Å². The molecule has 1 aliphatic rings. The third kappa shape index (κ3) is 3.65. The molecule has 3 aromatic rings. The maximum atomic E-state index is 13.2. The van der Waals surface area contributed by atoms with E-state index >= 15 is 0 Å². The highest BCUT2D eigenvalue weighted by atomic mass is 35.5. The fraction of sp³-hybridized carbons (Fsp3) is 0.294. The van der Waals surface area contributed by atoms with Crippen molar-refractivity contribution in [1.29, 1.82) is 0 Å². The van der Waals surface area contributed by atoms with Crippen molar-refractivity contribution in [2.75, 3.05) is 13.1 Å². The summed E-state index contributed by atoms with van der Waals surface area (Å²) in [5, 5.41) is 8.40. The lowest BCUT2D eigenvalue weighted by Gasteiger charge is -2.38. The summed E-state index contributed by atoms with van der Waals surface area (Å²) < 4.78 is 66.1. The van der Waals surface area contributed by atoms with Crippen LogP contribution in [0.2, 0.25) is 5.02 Å². The molecule has 0 aliphatic carbocycles. The zero-order valence-corrected chi connectivity index (χ0v) is 16.3. The normalized spacial score (nSPS) is 16.0. The van der Waals surface area contributed by atoms with Crippen LogP contribution >= 0.6 is 22.9 Å². The number of halogens is 6. The van der Waals surface area contributed by atoms with Gasteiger partial charge in [-0.05, 0) is 17.7 Å². The van der Waals surface area contributed by atoms with Crippen molar-refractivity contribution in [1.82, 2.24) is 19.9 Å². The fourth-order valence-corrected chi connectivity index (χ4v) is 4.14. The Labute approximate surface area is 173 Å². The molecule has 2 aromatic heterocycles. The van der Waals surface area contributed by atoms with Crippen LogP contribution in [-0.2, 0) is 17.5 Å². The monoisotopic (exact) mass is 464 g/mol. The lowest BCUT2D eigenvalue weighted by atomic mass is 10.0. The average molecular weight is 465 g/mol. The van der Waals surface area contributed by atoms with Gasteiger partial charge in [-0.2, -0.15) is 13.2 Å². The number of likely N-dealkylation sites (tertiary alicyclic amines) is 1. The summed E-state index contributed by atoms with van der Waals surface area (Å²) in [7, 11) is 0. The lowest BCUT2D eigenvalue weighted by molar-refractivity contribution is -0.166. The van der Waals surface area contributed by atoms with Crippen LogP contribution in [0.5, 0.6) is 0 Å². The molecule has 0 saturated carbocycles. The maximum absolute atomic E-state index is 13.2. The number of benzene rings is 1. The van der Waals surface area contributed by atoms with Gasteiger partial charge in [0.05, 0.1) is 29.1 Å². The van der Waals surface area contributed by atoms with Crippen molar-refractivity contribution in [3.63, 3.8) is 0 Å². The second kappa shape index (κ2) is 6.98. The predicted molar refractivity (Wildman–Crippen MR) is 98.7 cm³/mol. The van der Waals surface area contributed by atoms with E-state index in [1.807, 2.05) is 0 Å². The largest absolute Gasteiger partial charge is 0.417 e. The second-order valence-corrected chi connectivity index (χ2v) is 7.95. The van der Waals surface area contributed by atoms with Crippen molar-refractivity contribution >= 4 is 39.1 Å². The Bertz CT molecular complexity index is 1220. The van der Waals surface area contributed by atoms with Gasteiger partial charge in [-0.15, -0.1) is 16.4 Å². The number of hydrogen-bond donors (Lipinski definition) is 0. The van der Waals surface area contributed by atoms with Gasteiger partial charge in [-0.1, -0.05) is 22.9 Å². The molecule has 0 radical (unpaired) electrons. The first-order valence-electron chi connectivity index (χ1n) is 8.34. The Hall–Kier alpha value is -2.60. The Balaban J connectivity index is 1.73. The molecule has 1 aromatic carbocycles. The van der Waals surface area contributed by atoms with Crippen molar-refractivity contribution in [3.05, 3.63) is 44.5 Å². The van der Waals surface area contributed by atoms with E-state index in [0.29, 0.717) is 4.68 Å². The molecule has 0 atom stereocenters. The Morgan fingerprint density at radius 3 is 2.60 bits per heavy atom. The van der Waals surface area contributed by atoms with Crippen molar-refractivity contribution in [3.8, 4) is 11.1 Å². The van der Waals surface area contributed by atoms with Crippen LogP contribution in [0.25, 0.3) is 21.3 Å². The van der Waals surface area contributed by atoms with E-state index in [9.17, 15) is 31.5 Å².